The fourth-order valence-corrected chi connectivity index (χ4v) is 1.92. The molecule has 0 aromatic heterocycles. The molecule has 1 atom stereocenters. The van der Waals surface area contributed by atoms with Crippen LogP contribution < -0.4 is 10.1 Å². The summed E-state index contributed by atoms with van der Waals surface area (Å²) in [6.07, 6.45) is 1.89. The van der Waals surface area contributed by atoms with Gasteiger partial charge in [0.15, 0.2) is 5.78 Å². The number of hydrogen-bond acceptors (Lipinski definition) is 4. The Morgan fingerprint density at radius 2 is 1.90 bits per heavy atom. The normalized spacial score (nSPS) is 12.1. The molecule has 0 bridgehead atoms. The van der Waals surface area contributed by atoms with Crippen LogP contribution in [0.25, 0.3) is 0 Å². The van der Waals surface area contributed by atoms with Crippen molar-refractivity contribution < 1.29 is 14.3 Å². The van der Waals surface area contributed by atoms with E-state index in [0.717, 1.165) is 38.3 Å². The number of carbonyl (C=O) groups is 1. The predicted octanol–water partition coefficient (Wildman–Crippen LogP) is 3.06. The number of Topliss-reactive ketones (excluding diaryl/α,β-unsaturated/α-hetero) is 1. The minimum Gasteiger partial charge on any atom is -0.494 e. The molecule has 4 nitrogen and oxygen atoms in total. The topological polar surface area (TPSA) is 47.6 Å². The van der Waals surface area contributed by atoms with E-state index in [4.69, 9.17) is 9.47 Å². The summed E-state index contributed by atoms with van der Waals surface area (Å²) >= 11 is 0. The van der Waals surface area contributed by atoms with Crippen molar-refractivity contribution in [2.75, 3.05) is 26.4 Å². The maximum atomic E-state index is 12.3. The summed E-state index contributed by atoms with van der Waals surface area (Å²) < 4.78 is 10.8. The molecule has 0 fully saturated rings. The lowest BCUT2D eigenvalue weighted by atomic mass is 10.1. The summed E-state index contributed by atoms with van der Waals surface area (Å²) in [5.41, 5.74) is 0.712. The first-order valence-electron chi connectivity index (χ1n) is 7.77. The van der Waals surface area contributed by atoms with Crippen LogP contribution in [0.15, 0.2) is 24.3 Å². The molecule has 0 saturated heterocycles. The molecule has 4 heteroatoms. The lowest BCUT2D eigenvalue weighted by Crippen LogP contribution is -2.35. The Morgan fingerprint density at radius 3 is 2.52 bits per heavy atom. The summed E-state index contributed by atoms with van der Waals surface area (Å²) in [5, 5.41) is 3.23. The number of nitrogens with one attached hydrogen (secondary N) is 1. The van der Waals surface area contributed by atoms with Crippen LogP contribution in [0.4, 0.5) is 0 Å². The van der Waals surface area contributed by atoms with Gasteiger partial charge in [-0.05, 0) is 57.5 Å². The van der Waals surface area contributed by atoms with Gasteiger partial charge in [0.25, 0.3) is 0 Å². The van der Waals surface area contributed by atoms with Gasteiger partial charge in [0.1, 0.15) is 5.75 Å². The standard InChI is InChI=1S/C17H27NO3/c1-4-12-21-16-9-7-15(8-10-16)17(19)14(3)18-11-6-13-20-5-2/h7-10,14,18H,4-6,11-13H2,1-3H3. The molecule has 1 rings (SSSR count). The number of rotatable bonds is 11. The van der Waals surface area contributed by atoms with E-state index in [1.165, 1.54) is 0 Å². The highest BCUT2D eigenvalue weighted by Crippen LogP contribution is 2.13. The Hall–Kier alpha value is -1.39. The van der Waals surface area contributed by atoms with Gasteiger partial charge in [-0.3, -0.25) is 4.79 Å². The number of carbonyl (C=O) groups excluding carboxylic acids is 1. The lowest BCUT2D eigenvalue weighted by Gasteiger charge is -2.13. The van der Waals surface area contributed by atoms with Gasteiger partial charge >= 0.3 is 0 Å². The summed E-state index contributed by atoms with van der Waals surface area (Å²) in [7, 11) is 0. The zero-order valence-corrected chi connectivity index (χ0v) is 13.4. The van der Waals surface area contributed by atoms with Gasteiger partial charge in [0, 0.05) is 18.8 Å². The predicted molar refractivity (Wildman–Crippen MR) is 85.1 cm³/mol. The van der Waals surface area contributed by atoms with Crippen molar-refractivity contribution in [1.82, 2.24) is 5.32 Å². The molecule has 0 saturated carbocycles. The van der Waals surface area contributed by atoms with Gasteiger partial charge in [-0.1, -0.05) is 6.92 Å². The van der Waals surface area contributed by atoms with Crippen LogP contribution in [0.1, 0.15) is 44.0 Å². The third-order valence-electron chi connectivity index (χ3n) is 3.13. The Kier molecular flexibility index (Phi) is 8.71. The molecule has 1 aromatic carbocycles. The number of ether oxygens (including phenoxy) is 2. The van der Waals surface area contributed by atoms with Crippen molar-refractivity contribution in [3.05, 3.63) is 29.8 Å². The highest BCUT2D eigenvalue weighted by molar-refractivity contribution is 5.99. The molecule has 0 spiro atoms. The fourth-order valence-electron chi connectivity index (χ4n) is 1.92. The molecular formula is C17H27NO3. The van der Waals surface area contributed by atoms with Crippen LogP contribution in [0.5, 0.6) is 5.75 Å². The second kappa shape index (κ2) is 10.4. The van der Waals surface area contributed by atoms with Crippen molar-refractivity contribution >= 4 is 5.78 Å². The van der Waals surface area contributed by atoms with Crippen molar-refractivity contribution in [3.8, 4) is 5.75 Å². The van der Waals surface area contributed by atoms with Gasteiger partial charge in [-0.15, -0.1) is 0 Å². The van der Waals surface area contributed by atoms with E-state index in [-0.39, 0.29) is 11.8 Å². The smallest absolute Gasteiger partial charge is 0.179 e. The summed E-state index contributed by atoms with van der Waals surface area (Å²) in [4.78, 5) is 12.3. The number of benzene rings is 1. The quantitative estimate of drug-likeness (QED) is 0.503. The summed E-state index contributed by atoms with van der Waals surface area (Å²) in [6, 6.07) is 7.17. The zero-order chi connectivity index (χ0) is 15.5. The first kappa shape index (κ1) is 17.7. The molecule has 0 aliphatic rings. The number of hydrogen-bond donors (Lipinski definition) is 1. The van der Waals surface area contributed by atoms with Crippen LogP contribution in [0.2, 0.25) is 0 Å². The second-order valence-electron chi connectivity index (χ2n) is 4.96. The van der Waals surface area contributed by atoms with E-state index in [0.29, 0.717) is 12.2 Å². The van der Waals surface area contributed by atoms with E-state index >= 15 is 0 Å². The van der Waals surface area contributed by atoms with Gasteiger partial charge in [0.2, 0.25) is 0 Å². The Morgan fingerprint density at radius 1 is 1.19 bits per heavy atom. The van der Waals surface area contributed by atoms with Crippen molar-refractivity contribution in [3.63, 3.8) is 0 Å². The first-order valence-corrected chi connectivity index (χ1v) is 7.77. The summed E-state index contributed by atoms with van der Waals surface area (Å²) in [6.45, 7) is 8.89. The lowest BCUT2D eigenvalue weighted by molar-refractivity contribution is 0.0946. The van der Waals surface area contributed by atoms with Crippen molar-refractivity contribution in [1.29, 1.82) is 0 Å². The second-order valence-corrected chi connectivity index (χ2v) is 4.96. The molecule has 1 unspecified atom stereocenters. The molecular weight excluding hydrogens is 266 g/mol. The molecule has 1 aromatic rings. The first-order chi connectivity index (χ1) is 10.2. The molecule has 0 radical (unpaired) electrons. The average Bonchev–Trinajstić information content (AvgIpc) is 2.52. The third kappa shape index (κ3) is 6.74. The third-order valence-corrected chi connectivity index (χ3v) is 3.13. The fraction of sp³-hybridized carbons (Fsp3) is 0.588. The Labute approximate surface area is 127 Å². The van der Waals surface area contributed by atoms with E-state index in [2.05, 4.69) is 12.2 Å². The molecule has 0 heterocycles. The highest BCUT2D eigenvalue weighted by atomic mass is 16.5. The van der Waals surface area contributed by atoms with Gasteiger partial charge < -0.3 is 14.8 Å². The Balaban J connectivity index is 2.39. The van der Waals surface area contributed by atoms with Crippen LogP contribution in [-0.2, 0) is 4.74 Å². The van der Waals surface area contributed by atoms with E-state index < -0.39 is 0 Å². The average molecular weight is 293 g/mol. The monoisotopic (exact) mass is 293 g/mol. The molecule has 0 aliphatic heterocycles. The maximum absolute atomic E-state index is 12.3. The number of ketones is 1. The zero-order valence-electron chi connectivity index (χ0n) is 13.4. The molecule has 1 N–H and O–H groups in total. The van der Waals surface area contributed by atoms with Gasteiger partial charge in [-0.25, -0.2) is 0 Å². The largest absolute Gasteiger partial charge is 0.494 e. The van der Waals surface area contributed by atoms with Crippen LogP contribution >= 0.6 is 0 Å². The van der Waals surface area contributed by atoms with Crippen LogP contribution in [0.3, 0.4) is 0 Å². The van der Waals surface area contributed by atoms with E-state index in [9.17, 15) is 4.79 Å². The summed E-state index contributed by atoms with van der Waals surface area (Å²) in [5.74, 6) is 0.916. The molecule has 0 aliphatic carbocycles. The highest BCUT2D eigenvalue weighted by Gasteiger charge is 2.14. The van der Waals surface area contributed by atoms with Crippen LogP contribution in [-0.4, -0.2) is 38.2 Å². The van der Waals surface area contributed by atoms with Crippen molar-refractivity contribution in [2.24, 2.45) is 0 Å². The van der Waals surface area contributed by atoms with Gasteiger partial charge in [0.05, 0.1) is 12.6 Å². The van der Waals surface area contributed by atoms with E-state index in [1.54, 1.807) is 0 Å². The Bertz CT molecular complexity index is 403. The molecule has 0 amide bonds. The minimum atomic E-state index is -0.186. The minimum absolute atomic E-state index is 0.105. The maximum Gasteiger partial charge on any atom is 0.179 e. The van der Waals surface area contributed by atoms with Crippen molar-refractivity contribution in [2.45, 2.75) is 39.7 Å². The van der Waals surface area contributed by atoms with E-state index in [1.807, 2.05) is 38.1 Å². The SMILES string of the molecule is CCCOc1ccc(C(=O)C(C)NCCCOCC)cc1. The molecule has 118 valence electrons. The molecule has 21 heavy (non-hydrogen) atoms. The van der Waals surface area contributed by atoms with Gasteiger partial charge in [-0.2, -0.15) is 0 Å². The van der Waals surface area contributed by atoms with Crippen LogP contribution in [0, 0.1) is 0 Å².